The van der Waals surface area contributed by atoms with Crippen molar-refractivity contribution in [3.05, 3.63) is 30.3 Å². The molecule has 1 aromatic rings. The zero-order valence-electron chi connectivity index (χ0n) is 33.3. The van der Waals surface area contributed by atoms with Crippen molar-refractivity contribution in [3.8, 4) is 0 Å². The number of carbonyl (C=O) groups is 3. The molecule has 1 rings (SSSR count). The van der Waals surface area contributed by atoms with Gasteiger partial charge in [0, 0.05) is 0 Å². The summed E-state index contributed by atoms with van der Waals surface area (Å²) < 4.78 is 51.3. The second kappa shape index (κ2) is 29.0. The van der Waals surface area contributed by atoms with E-state index in [9.17, 15) is 22.8 Å². The second-order valence-corrected chi connectivity index (χ2v) is 25.8. The normalized spacial score (nSPS) is 12.2. The molecule has 0 aliphatic carbocycles. The first-order valence-electron chi connectivity index (χ1n) is 21.2. The van der Waals surface area contributed by atoms with Crippen molar-refractivity contribution in [2.45, 2.75) is 218 Å². The van der Waals surface area contributed by atoms with Gasteiger partial charge in [-0.05, 0) is 0 Å². The predicted molar refractivity (Wildman–Crippen MR) is 207 cm³/mol. The van der Waals surface area contributed by atoms with Crippen LogP contribution in [0.15, 0.2) is 35.2 Å². The summed E-state index contributed by atoms with van der Waals surface area (Å²) in [5.41, 5.74) is 0. The molecule has 0 bridgehead atoms. The van der Waals surface area contributed by atoms with E-state index in [4.69, 9.17) is 5.07 Å². The van der Waals surface area contributed by atoms with Crippen LogP contribution < -0.4 is 0 Å². The van der Waals surface area contributed by atoms with E-state index in [1.165, 1.54) is 88.5 Å². The first-order valence-corrected chi connectivity index (χ1v) is 28.1. The molecule has 0 N–H and O–H groups in total. The molecular formula is C42H74O8SZr. The minimum atomic E-state index is -7.90. The first-order chi connectivity index (χ1) is 25.0. The molecule has 8 nitrogen and oxygen atoms in total. The Morgan fingerprint density at radius 2 is 0.788 bits per heavy atom. The number of carbonyl (C=O) groups excluding carboxylic acids is 3. The van der Waals surface area contributed by atoms with Crippen LogP contribution in [0.25, 0.3) is 0 Å². The van der Waals surface area contributed by atoms with E-state index in [-0.39, 0.29) is 24.2 Å². The zero-order valence-corrected chi connectivity index (χ0v) is 36.5. The molecule has 0 aromatic heterocycles. The van der Waals surface area contributed by atoms with Gasteiger partial charge in [-0.3, -0.25) is 0 Å². The predicted octanol–water partition coefficient (Wildman–Crippen LogP) is 12.6. The monoisotopic (exact) mass is 828 g/mol. The Morgan fingerprint density at radius 3 is 1.13 bits per heavy atom. The summed E-state index contributed by atoms with van der Waals surface area (Å²) in [6.07, 6.45) is 25.4. The van der Waals surface area contributed by atoms with E-state index in [1.54, 1.807) is 6.07 Å². The molecule has 10 heteroatoms. The van der Waals surface area contributed by atoms with Crippen LogP contribution in [0.5, 0.6) is 0 Å². The molecule has 0 aliphatic heterocycles. The Hall–Kier alpha value is -1.38. The maximum absolute atomic E-state index is 15.3. The molecule has 0 unspecified atom stereocenters. The molecule has 0 amide bonds. The van der Waals surface area contributed by atoms with Crippen molar-refractivity contribution in [1.29, 1.82) is 0 Å². The van der Waals surface area contributed by atoms with Crippen LogP contribution in [0.4, 0.5) is 0 Å². The SMILES string of the molecule is CCCCCCCCCCCC(=O)[O][Zr](=[O])([O]S(=O)(=O)c1ccccc1)([C](=O)CCCCCCCCCCC)[C](=O)CCCCCCCCCCC. The molecule has 1 aromatic carbocycles. The summed E-state index contributed by atoms with van der Waals surface area (Å²) in [4.78, 5) is 41.4. The Labute approximate surface area is 320 Å². The molecular weight excluding hydrogens is 756 g/mol. The maximum atomic E-state index is 15.3. The van der Waals surface area contributed by atoms with E-state index in [0.29, 0.717) is 32.1 Å². The molecule has 0 heterocycles. The molecule has 0 atom stereocenters. The fourth-order valence-corrected chi connectivity index (χ4v) is 18.7. The van der Waals surface area contributed by atoms with Crippen LogP contribution >= 0.6 is 0 Å². The Kier molecular flexibility index (Phi) is 27.1. The van der Waals surface area contributed by atoms with Gasteiger partial charge in [-0.2, -0.15) is 0 Å². The summed E-state index contributed by atoms with van der Waals surface area (Å²) in [5.74, 6) is -1.01. The molecule has 300 valence electrons. The van der Waals surface area contributed by atoms with Gasteiger partial charge in [-0.25, -0.2) is 0 Å². The molecule has 0 saturated carbocycles. The fourth-order valence-electron chi connectivity index (χ4n) is 6.68. The number of hydrogen-bond donors (Lipinski definition) is 0. The van der Waals surface area contributed by atoms with Crippen LogP contribution in [0.3, 0.4) is 0 Å². The quantitative estimate of drug-likeness (QED) is 0.0613. The van der Waals surface area contributed by atoms with Gasteiger partial charge in [-0.1, -0.05) is 6.92 Å². The van der Waals surface area contributed by atoms with Gasteiger partial charge in [0.25, 0.3) is 0 Å². The summed E-state index contributed by atoms with van der Waals surface area (Å²) in [6, 6.07) is 7.03. The van der Waals surface area contributed by atoms with E-state index in [2.05, 4.69) is 20.8 Å². The number of rotatable bonds is 36. The average Bonchev–Trinajstić information content (AvgIpc) is 3.12. The van der Waals surface area contributed by atoms with Crippen LogP contribution in [0, 0.1) is 0 Å². The van der Waals surface area contributed by atoms with E-state index < -0.39 is 42.7 Å². The molecule has 0 aliphatic rings. The van der Waals surface area contributed by atoms with Gasteiger partial charge in [0.05, 0.1) is 0 Å². The number of unbranched alkanes of at least 4 members (excludes halogenated alkanes) is 24. The van der Waals surface area contributed by atoms with Crippen molar-refractivity contribution >= 4 is 23.1 Å². The first kappa shape index (κ1) is 48.6. The molecule has 0 fully saturated rings. The van der Waals surface area contributed by atoms with E-state index >= 15 is 2.81 Å². The Morgan fingerprint density at radius 1 is 0.481 bits per heavy atom. The van der Waals surface area contributed by atoms with E-state index in [0.717, 1.165) is 77.0 Å². The minimum absolute atomic E-state index is 0.173. The van der Waals surface area contributed by atoms with Gasteiger partial charge in [0.1, 0.15) is 0 Å². The van der Waals surface area contributed by atoms with Gasteiger partial charge in [0.15, 0.2) is 0 Å². The Bertz CT molecular complexity index is 1240. The van der Waals surface area contributed by atoms with Crippen molar-refractivity contribution in [2.75, 3.05) is 0 Å². The Balaban J connectivity index is 3.16. The second-order valence-electron chi connectivity index (χ2n) is 14.9. The number of hydrogen-bond acceptors (Lipinski definition) is 8. The molecule has 0 spiro atoms. The topological polar surface area (TPSA) is 121 Å². The summed E-state index contributed by atoms with van der Waals surface area (Å²) in [6.45, 7) is 6.53. The van der Waals surface area contributed by atoms with E-state index in [1.807, 2.05) is 0 Å². The summed E-state index contributed by atoms with van der Waals surface area (Å²) >= 11 is -7.90. The van der Waals surface area contributed by atoms with Gasteiger partial charge >= 0.3 is 315 Å². The van der Waals surface area contributed by atoms with Gasteiger partial charge in [0.2, 0.25) is 0 Å². The van der Waals surface area contributed by atoms with Gasteiger partial charge < -0.3 is 0 Å². The summed E-state index contributed by atoms with van der Waals surface area (Å²) in [5, 5.41) is 0. The van der Waals surface area contributed by atoms with Crippen LogP contribution in [-0.4, -0.2) is 21.4 Å². The molecule has 0 saturated heterocycles. The summed E-state index contributed by atoms with van der Waals surface area (Å²) in [7, 11) is -4.89. The third-order valence-corrected chi connectivity index (χ3v) is 22.7. The third kappa shape index (κ3) is 19.8. The molecule has 0 radical (unpaired) electrons. The van der Waals surface area contributed by atoms with Crippen LogP contribution in [-0.2, 0) is 52.1 Å². The van der Waals surface area contributed by atoms with Crippen LogP contribution in [0.2, 0.25) is 0 Å². The number of benzene rings is 1. The van der Waals surface area contributed by atoms with Crippen molar-refractivity contribution in [3.63, 3.8) is 0 Å². The van der Waals surface area contributed by atoms with Gasteiger partial charge in [-0.15, -0.1) is 0 Å². The van der Waals surface area contributed by atoms with Crippen molar-refractivity contribution in [1.82, 2.24) is 0 Å². The fraction of sp³-hybridized carbons (Fsp3) is 0.786. The molecule has 52 heavy (non-hydrogen) atoms. The van der Waals surface area contributed by atoms with Crippen LogP contribution in [0.1, 0.15) is 213 Å². The van der Waals surface area contributed by atoms with Crippen molar-refractivity contribution in [2.24, 2.45) is 0 Å². The standard InChI is InChI=1S/C12H24O2.2C12H23O.C6H6O3S.O.Zr/c1-2-3-4-5-6-7-8-9-10-11-12(13)14;2*1-2-3-4-5-6-7-8-9-10-11-12-13;7-10(8,9)6-4-2-1-3-5-6;;/h2-11H2,1H3,(H,13,14);2*2-11H2,1H3;1-5H,(H,7,8,9);;/q;;;;;+2/p-2. The third-order valence-electron chi connectivity index (χ3n) is 10.1. The average molecular weight is 830 g/mol. The van der Waals surface area contributed by atoms with Crippen molar-refractivity contribution < 1.29 is 50.4 Å². The zero-order chi connectivity index (χ0) is 38.4.